The average molecular weight is 280 g/mol. The molecule has 0 heterocycles. The van der Waals surface area contributed by atoms with Gasteiger partial charge in [0.05, 0.1) is 23.3 Å². The Bertz CT molecular complexity index is 597. The highest BCUT2D eigenvalue weighted by atomic mass is 16.5. The Hall–Kier alpha value is -2.59. The van der Waals surface area contributed by atoms with Gasteiger partial charge in [0.25, 0.3) is 0 Å². The van der Waals surface area contributed by atoms with Crippen molar-refractivity contribution < 1.29 is 9.53 Å². The van der Waals surface area contributed by atoms with Gasteiger partial charge in [-0.05, 0) is 55.9 Å². The topological polar surface area (TPSA) is 73.9 Å². The molecule has 1 saturated carbocycles. The van der Waals surface area contributed by atoms with Gasteiger partial charge in [-0.15, -0.1) is 0 Å². The van der Waals surface area contributed by atoms with Crippen molar-refractivity contribution in [2.24, 2.45) is 5.92 Å². The highest BCUT2D eigenvalue weighted by Crippen LogP contribution is 2.27. The fourth-order valence-corrected chi connectivity index (χ4v) is 2.48. The molecule has 0 aromatic heterocycles. The zero-order chi connectivity index (χ0) is 15.1. The zero-order valence-electron chi connectivity index (χ0n) is 11.7. The Labute approximate surface area is 124 Å². The fourth-order valence-electron chi connectivity index (χ4n) is 2.48. The Kier molecular flexibility index (Phi) is 5.12. The van der Waals surface area contributed by atoms with Gasteiger partial charge in [0.2, 0.25) is 0 Å². The van der Waals surface area contributed by atoms with Crippen molar-refractivity contribution in [1.82, 2.24) is 0 Å². The standard InChI is InChI=1S/C17H16N2O2/c18-11-1-2-13-5-9-16(10-6-13)21-17(20)15-7-3-14(12-19)4-8-15/h1-4,7-8,13,16H,5-6,9-10H2. The van der Waals surface area contributed by atoms with Crippen LogP contribution in [0, 0.1) is 28.6 Å². The van der Waals surface area contributed by atoms with Gasteiger partial charge >= 0.3 is 5.97 Å². The summed E-state index contributed by atoms with van der Waals surface area (Å²) in [5.41, 5.74) is 0.997. The number of hydrogen-bond acceptors (Lipinski definition) is 4. The quantitative estimate of drug-likeness (QED) is 0.628. The molecule has 1 aromatic rings. The van der Waals surface area contributed by atoms with Crippen molar-refractivity contribution in [2.45, 2.75) is 31.8 Å². The third-order valence-electron chi connectivity index (χ3n) is 3.69. The van der Waals surface area contributed by atoms with Crippen LogP contribution in [0.1, 0.15) is 41.6 Å². The number of allylic oxidation sites excluding steroid dienone is 2. The number of carbonyl (C=O) groups is 1. The van der Waals surface area contributed by atoms with Crippen molar-refractivity contribution in [2.75, 3.05) is 0 Å². The van der Waals surface area contributed by atoms with E-state index < -0.39 is 0 Å². The number of ether oxygens (including phenoxy) is 1. The number of rotatable bonds is 3. The number of esters is 1. The van der Waals surface area contributed by atoms with Crippen LogP contribution < -0.4 is 0 Å². The van der Waals surface area contributed by atoms with E-state index in [9.17, 15) is 4.79 Å². The summed E-state index contributed by atoms with van der Waals surface area (Å²) in [6, 6.07) is 10.5. The lowest BCUT2D eigenvalue weighted by molar-refractivity contribution is 0.0185. The first-order valence-electron chi connectivity index (χ1n) is 7.00. The van der Waals surface area contributed by atoms with Crippen molar-refractivity contribution >= 4 is 5.97 Å². The summed E-state index contributed by atoms with van der Waals surface area (Å²) < 4.78 is 5.49. The Morgan fingerprint density at radius 1 is 1.14 bits per heavy atom. The molecule has 1 aliphatic rings. The minimum atomic E-state index is -0.337. The Morgan fingerprint density at radius 2 is 1.81 bits per heavy atom. The molecular weight excluding hydrogens is 264 g/mol. The van der Waals surface area contributed by atoms with Crippen molar-refractivity contribution in [3.8, 4) is 12.1 Å². The van der Waals surface area contributed by atoms with Crippen LogP contribution in [0.2, 0.25) is 0 Å². The molecule has 0 aliphatic heterocycles. The molecule has 0 amide bonds. The second kappa shape index (κ2) is 7.26. The van der Waals surface area contributed by atoms with Crippen LogP contribution in [0.5, 0.6) is 0 Å². The number of nitrogens with zero attached hydrogens (tertiary/aromatic N) is 2. The molecule has 2 rings (SSSR count). The molecule has 0 radical (unpaired) electrons. The molecule has 21 heavy (non-hydrogen) atoms. The first-order valence-corrected chi connectivity index (χ1v) is 7.00. The largest absolute Gasteiger partial charge is 0.459 e. The predicted octanol–water partition coefficient (Wildman–Crippen LogP) is 3.35. The predicted molar refractivity (Wildman–Crippen MR) is 77.1 cm³/mol. The van der Waals surface area contributed by atoms with Crippen LogP contribution in [-0.4, -0.2) is 12.1 Å². The highest BCUT2D eigenvalue weighted by Gasteiger charge is 2.23. The van der Waals surface area contributed by atoms with E-state index >= 15 is 0 Å². The van der Waals surface area contributed by atoms with E-state index in [0.717, 1.165) is 25.7 Å². The average Bonchev–Trinajstić information content (AvgIpc) is 2.54. The van der Waals surface area contributed by atoms with E-state index in [1.54, 1.807) is 24.3 Å². The minimum Gasteiger partial charge on any atom is -0.459 e. The maximum Gasteiger partial charge on any atom is 0.338 e. The summed E-state index contributed by atoms with van der Waals surface area (Å²) in [6.07, 6.45) is 6.91. The van der Waals surface area contributed by atoms with E-state index in [1.165, 1.54) is 6.08 Å². The Balaban J connectivity index is 1.85. The molecule has 0 N–H and O–H groups in total. The summed E-state index contributed by atoms with van der Waals surface area (Å²) in [6.45, 7) is 0. The fraction of sp³-hybridized carbons (Fsp3) is 0.353. The molecule has 1 aromatic carbocycles. The van der Waals surface area contributed by atoms with E-state index in [2.05, 4.69) is 0 Å². The summed E-state index contributed by atoms with van der Waals surface area (Å²) in [5.74, 6) is 0.0741. The smallest absolute Gasteiger partial charge is 0.338 e. The van der Waals surface area contributed by atoms with Crippen LogP contribution in [-0.2, 0) is 4.74 Å². The van der Waals surface area contributed by atoms with E-state index in [0.29, 0.717) is 17.0 Å². The van der Waals surface area contributed by atoms with Gasteiger partial charge in [-0.25, -0.2) is 4.79 Å². The molecule has 0 atom stereocenters. The third kappa shape index (κ3) is 4.19. The Morgan fingerprint density at radius 3 is 2.38 bits per heavy atom. The molecule has 1 aliphatic carbocycles. The normalized spacial score (nSPS) is 21.4. The van der Waals surface area contributed by atoms with Gasteiger partial charge in [-0.1, -0.05) is 6.08 Å². The number of hydrogen-bond donors (Lipinski definition) is 0. The zero-order valence-corrected chi connectivity index (χ0v) is 11.7. The number of nitriles is 2. The van der Waals surface area contributed by atoms with Crippen LogP contribution in [0.15, 0.2) is 36.4 Å². The van der Waals surface area contributed by atoms with Crippen molar-refractivity contribution in [3.05, 3.63) is 47.5 Å². The second-order valence-electron chi connectivity index (χ2n) is 5.12. The monoisotopic (exact) mass is 280 g/mol. The molecule has 1 fully saturated rings. The summed E-state index contributed by atoms with van der Waals surface area (Å²) in [7, 11) is 0. The molecule has 0 spiro atoms. The molecule has 0 saturated heterocycles. The van der Waals surface area contributed by atoms with Gasteiger partial charge in [-0.2, -0.15) is 10.5 Å². The van der Waals surface area contributed by atoms with Gasteiger partial charge in [-0.3, -0.25) is 0 Å². The van der Waals surface area contributed by atoms with E-state index in [4.69, 9.17) is 15.3 Å². The van der Waals surface area contributed by atoms with Gasteiger partial charge < -0.3 is 4.74 Å². The summed E-state index contributed by atoms with van der Waals surface area (Å²) in [5, 5.41) is 17.2. The molecular formula is C17H16N2O2. The maximum absolute atomic E-state index is 12.0. The van der Waals surface area contributed by atoms with Crippen molar-refractivity contribution in [3.63, 3.8) is 0 Å². The highest BCUT2D eigenvalue weighted by molar-refractivity contribution is 5.89. The molecule has 106 valence electrons. The molecule has 4 heteroatoms. The lowest BCUT2D eigenvalue weighted by Crippen LogP contribution is -2.24. The first-order chi connectivity index (χ1) is 10.2. The lowest BCUT2D eigenvalue weighted by atomic mass is 9.87. The van der Waals surface area contributed by atoms with Crippen LogP contribution in [0.4, 0.5) is 0 Å². The van der Waals surface area contributed by atoms with E-state index in [1.807, 2.05) is 18.2 Å². The van der Waals surface area contributed by atoms with Crippen molar-refractivity contribution in [1.29, 1.82) is 10.5 Å². The number of benzene rings is 1. The first kappa shape index (κ1) is 14.8. The second-order valence-corrected chi connectivity index (χ2v) is 5.12. The van der Waals surface area contributed by atoms with Gasteiger partial charge in [0.15, 0.2) is 0 Å². The molecule has 0 unspecified atom stereocenters. The van der Waals surface area contributed by atoms with E-state index in [-0.39, 0.29) is 12.1 Å². The van der Waals surface area contributed by atoms with Crippen LogP contribution in [0.3, 0.4) is 0 Å². The molecule has 0 bridgehead atoms. The lowest BCUT2D eigenvalue weighted by Gasteiger charge is -2.26. The third-order valence-corrected chi connectivity index (χ3v) is 3.69. The maximum atomic E-state index is 12.0. The van der Waals surface area contributed by atoms with Gasteiger partial charge in [0, 0.05) is 6.08 Å². The summed E-state index contributed by atoms with van der Waals surface area (Å²) >= 11 is 0. The minimum absolute atomic E-state index is 0.0557. The molecule has 4 nitrogen and oxygen atoms in total. The SMILES string of the molecule is N#CC=CC1CCC(OC(=O)c2ccc(C#N)cc2)CC1. The van der Waals surface area contributed by atoms with Gasteiger partial charge in [0.1, 0.15) is 6.10 Å². The summed E-state index contributed by atoms with van der Waals surface area (Å²) in [4.78, 5) is 12.0. The van der Waals surface area contributed by atoms with Crippen LogP contribution >= 0.6 is 0 Å². The number of carbonyl (C=O) groups excluding carboxylic acids is 1. The van der Waals surface area contributed by atoms with Crippen LogP contribution in [0.25, 0.3) is 0 Å².